The van der Waals surface area contributed by atoms with Crippen molar-refractivity contribution in [2.45, 2.75) is 33.2 Å². The van der Waals surface area contributed by atoms with Crippen LogP contribution in [0.25, 0.3) is 0 Å². The Morgan fingerprint density at radius 2 is 2.00 bits per heavy atom. The van der Waals surface area contributed by atoms with Crippen LogP contribution in [-0.2, 0) is 6.42 Å². The average Bonchev–Trinajstić information content (AvgIpc) is 2.82. The van der Waals surface area contributed by atoms with Crippen molar-refractivity contribution in [3.8, 4) is 5.75 Å². The third-order valence-corrected chi connectivity index (χ3v) is 3.93. The molecule has 0 saturated heterocycles. The van der Waals surface area contributed by atoms with Crippen molar-refractivity contribution in [2.24, 2.45) is 5.73 Å². The summed E-state index contributed by atoms with van der Waals surface area (Å²) in [5, 5.41) is 3.11. The fraction of sp³-hybridized carbons (Fsp3) is 0.400. The molecule has 1 aromatic heterocycles. The van der Waals surface area contributed by atoms with Crippen molar-refractivity contribution < 1.29 is 4.74 Å². The molecular formula is C15H20N2OS. The van der Waals surface area contributed by atoms with E-state index >= 15 is 0 Å². The molecule has 2 N–H and O–H groups in total. The molecule has 0 bridgehead atoms. The van der Waals surface area contributed by atoms with E-state index in [0.29, 0.717) is 6.61 Å². The fourth-order valence-corrected chi connectivity index (χ4v) is 2.80. The molecule has 3 nitrogen and oxygen atoms in total. The van der Waals surface area contributed by atoms with E-state index in [2.05, 4.69) is 31.0 Å². The Bertz CT molecular complexity index is 529. The van der Waals surface area contributed by atoms with Crippen molar-refractivity contribution in [3.63, 3.8) is 0 Å². The Kier molecular flexibility index (Phi) is 4.56. The van der Waals surface area contributed by atoms with Crippen molar-refractivity contribution in [2.75, 3.05) is 6.61 Å². The summed E-state index contributed by atoms with van der Waals surface area (Å²) in [4.78, 5) is 4.50. The summed E-state index contributed by atoms with van der Waals surface area (Å²) < 4.78 is 5.88. The van der Waals surface area contributed by atoms with Crippen molar-refractivity contribution >= 4 is 11.3 Å². The summed E-state index contributed by atoms with van der Waals surface area (Å²) in [5.41, 5.74) is 9.12. The van der Waals surface area contributed by atoms with Crippen LogP contribution in [0.2, 0.25) is 0 Å². The monoisotopic (exact) mass is 276 g/mol. The molecule has 0 amide bonds. The highest BCUT2D eigenvalue weighted by Gasteiger charge is 2.07. The molecule has 1 aromatic carbocycles. The summed E-state index contributed by atoms with van der Waals surface area (Å²) in [6, 6.07) is 6.19. The summed E-state index contributed by atoms with van der Waals surface area (Å²) in [6.45, 7) is 6.74. The quantitative estimate of drug-likeness (QED) is 0.910. The van der Waals surface area contributed by atoms with Crippen LogP contribution in [0.15, 0.2) is 23.6 Å². The molecule has 19 heavy (non-hydrogen) atoms. The number of aryl methyl sites for hydroxylation is 2. The van der Waals surface area contributed by atoms with Crippen molar-refractivity contribution in [3.05, 3.63) is 45.4 Å². The van der Waals surface area contributed by atoms with Crippen LogP contribution in [-0.4, -0.2) is 11.6 Å². The second-order valence-electron chi connectivity index (χ2n) is 4.77. The van der Waals surface area contributed by atoms with E-state index < -0.39 is 0 Å². The van der Waals surface area contributed by atoms with Gasteiger partial charge in [-0.1, -0.05) is 18.2 Å². The van der Waals surface area contributed by atoms with Gasteiger partial charge in [-0.15, -0.1) is 11.3 Å². The first kappa shape index (κ1) is 14.0. The Morgan fingerprint density at radius 3 is 2.58 bits per heavy atom. The largest absolute Gasteiger partial charge is 0.493 e. The highest BCUT2D eigenvalue weighted by molar-refractivity contribution is 7.09. The average molecular weight is 276 g/mol. The maximum atomic E-state index is 5.88. The molecule has 4 heteroatoms. The standard InChI is InChI=1S/C15H20N2OS/c1-10-5-4-6-11(2)15(10)18-8-7-14-17-13(9-19-14)12(3)16/h4-6,9,12H,7-8,16H2,1-3H3. The van der Waals surface area contributed by atoms with E-state index in [1.165, 1.54) is 11.1 Å². The fourth-order valence-electron chi connectivity index (χ4n) is 1.92. The van der Waals surface area contributed by atoms with Gasteiger partial charge in [0.25, 0.3) is 0 Å². The topological polar surface area (TPSA) is 48.1 Å². The predicted molar refractivity (Wildman–Crippen MR) is 79.8 cm³/mol. The van der Waals surface area contributed by atoms with Gasteiger partial charge < -0.3 is 10.5 Å². The van der Waals surface area contributed by atoms with E-state index in [1.807, 2.05) is 18.4 Å². The number of hydrogen-bond donors (Lipinski definition) is 1. The number of aromatic nitrogens is 1. The normalized spacial score (nSPS) is 12.4. The molecule has 1 unspecified atom stereocenters. The number of nitrogens with zero attached hydrogens (tertiary/aromatic N) is 1. The molecule has 0 aliphatic heterocycles. The number of ether oxygens (including phenoxy) is 1. The Labute approximate surface area is 118 Å². The van der Waals surface area contributed by atoms with Gasteiger partial charge in [-0.25, -0.2) is 4.98 Å². The summed E-state index contributed by atoms with van der Waals surface area (Å²) >= 11 is 1.65. The van der Waals surface area contributed by atoms with E-state index in [0.717, 1.165) is 22.9 Å². The number of hydrogen-bond acceptors (Lipinski definition) is 4. The summed E-state index contributed by atoms with van der Waals surface area (Å²) in [7, 11) is 0. The molecular weight excluding hydrogens is 256 g/mol. The van der Waals surface area contributed by atoms with Gasteiger partial charge in [0.2, 0.25) is 0 Å². The van der Waals surface area contributed by atoms with Crippen LogP contribution < -0.4 is 10.5 Å². The molecule has 0 radical (unpaired) electrons. The first-order chi connectivity index (χ1) is 9.08. The number of nitrogens with two attached hydrogens (primary N) is 1. The number of benzene rings is 1. The van der Waals surface area contributed by atoms with Crippen LogP contribution in [0.3, 0.4) is 0 Å². The van der Waals surface area contributed by atoms with Gasteiger partial charge in [0.05, 0.1) is 17.3 Å². The molecule has 0 aliphatic carbocycles. The third kappa shape index (κ3) is 3.55. The maximum Gasteiger partial charge on any atom is 0.125 e. The smallest absolute Gasteiger partial charge is 0.125 e. The Hall–Kier alpha value is -1.39. The minimum atomic E-state index is 0.00419. The molecule has 0 saturated carbocycles. The predicted octanol–water partition coefficient (Wildman–Crippen LogP) is 3.40. The van der Waals surface area contributed by atoms with Crippen LogP contribution in [0.1, 0.15) is 34.8 Å². The Balaban J connectivity index is 1.92. The number of rotatable bonds is 5. The van der Waals surface area contributed by atoms with Gasteiger partial charge in [-0.2, -0.15) is 0 Å². The zero-order chi connectivity index (χ0) is 13.8. The highest BCUT2D eigenvalue weighted by Crippen LogP contribution is 2.23. The summed E-state index contributed by atoms with van der Waals surface area (Å²) in [5.74, 6) is 0.992. The van der Waals surface area contributed by atoms with Gasteiger partial charge in [0.1, 0.15) is 5.75 Å². The lowest BCUT2D eigenvalue weighted by atomic mass is 10.1. The van der Waals surface area contributed by atoms with Crippen molar-refractivity contribution in [1.82, 2.24) is 4.98 Å². The molecule has 102 valence electrons. The Morgan fingerprint density at radius 1 is 1.32 bits per heavy atom. The van der Waals surface area contributed by atoms with Crippen LogP contribution in [0.5, 0.6) is 5.75 Å². The zero-order valence-corrected chi connectivity index (χ0v) is 12.5. The lowest BCUT2D eigenvalue weighted by molar-refractivity contribution is 0.317. The van der Waals surface area contributed by atoms with E-state index in [9.17, 15) is 0 Å². The lowest BCUT2D eigenvalue weighted by Crippen LogP contribution is -2.06. The SMILES string of the molecule is Cc1cccc(C)c1OCCc1nc(C(C)N)cs1. The lowest BCUT2D eigenvalue weighted by Gasteiger charge is -2.11. The van der Waals surface area contributed by atoms with Gasteiger partial charge >= 0.3 is 0 Å². The van der Waals surface area contributed by atoms with Crippen LogP contribution in [0.4, 0.5) is 0 Å². The number of para-hydroxylation sites is 1. The van der Waals surface area contributed by atoms with Crippen LogP contribution >= 0.6 is 11.3 Å². The minimum absolute atomic E-state index is 0.00419. The highest BCUT2D eigenvalue weighted by atomic mass is 32.1. The van der Waals surface area contributed by atoms with Gasteiger partial charge in [0.15, 0.2) is 0 Å². The maximum absolute atomic E-state index is 5.88. The van der Waals surface area contributed by atoms with Gasteiger partial charge in [-0.3, -0.25) is 0 Å². The van der Waals surface area contributed by atoms with Crippen molar-refractivity contribution in [1.29, 1.82) is 0 Å². The van der Waals surface area contributed by atoms with E-state index in [4.69, 9.17) is 10.5 Å². The van der Waals surface area contributed by atoms with Gasteiger partial charge in [0, 0.05) is 17.8 Å². The molecule has 1 atom stereocenters. The summed E-state index contributed by atoms with van der Waals surface area (Å²) in [6.07, 6.45) is 0.825. The van der Waals surface area contributed by atoms with Gasteiger partial charge in [-0.05, 0) is 31.9 Å². The van der Waals surface area contributed by atoms with Crippen LogP contribution in [0, 0.1) is 13.8 Å². The molecule has 2 rings (SSSR count). The molecule has 0 spiro atoms. The van der Waals surface area contributed by atoms with E-state index in [1.54, 1.807) is 11.3 Å². The second-order valence-corrected chi connectivity index (χ2v) is 5.72. The molecule has 1 heterocycles. The molecule has 2 aromatic rings. The molecule has 0 fully saturated rings. The third-order valence-electron chi connectivity index (χ3n) is 3.01. The first-order valence-corrected chi connectivity index (χ1v) is 7.35. The number of thiazole rings is 1. The first-order valence-electron chi connectivity index (χ1n) is 6.47. The minimum Gasteiger partial charge on any atom is -0.493 e. The van der Waals surface area contributed by atoms with E-state index in [-0.39, 0.29) is 6.04 Å². The second kappa shape index (κ2) is 6.17. The zero-order valence-electron chi connectivity index (χ0n) is 11.6. The molecule has 0 aliphatic rings.